The summed E-state index contributed by atoms with van der Waals surface area (Å²) in [5.74, 6) is -0.0494. The van der Waals surface area contributed by atoms with E-state index in [4.69, 9.17) is 22.1 Å². The number of nitrogens with one attached hydrogen (secondary N) is 1. The second-order valence-electron chi connectivity index (χ2n) is 5.94. The number of nitrogens with two attached hydrogens (primary N) is 1. The fourth-order valence-electron chi connectivity index (χ4n) is 2.64. The van der Waals surface area contributed by atoms with E-state index in [2.05, 4.69) is 15.5 Å². The highest BCUT2D eigenvalue weighted by Gasteiger charge is 2.26. The summed E-state index contributed by atoms with van der Waals surface area (Å²) in [7, 11) is 1.86. The second-order valence-corrected chi connectivity index (χ2v) is 7.35. The molecule has 1 amide bonds. The topological polar surface area (TPSA) is 95.1 Å². The van der Waals surface area contributed by atoms with E-state index in [-0.39, 0.29) is 11.8 Å². The minimum absolute atomic E-state index is 0.148. The normalized spacial score (nSPS) is 16.6. The van der Waals surface area contributed by atoms with Gasteiger partial charge in [-0.2, -0.15) is 0 Å². The standard InChI is InChI=1S/C16H20ClN5O2S/c1-22-9-19-21-16(22)25-13-3-2-11(8-12(13)17)20-15(23)14(18)10-4-6-24-7-5-10/h2-3,8-10,14H,4-7,18H2,1H3,(H,20,23). The van der Waals surface area contributed by atoms with Gasteiger partial charge in [-0.1, -0.05) is 11.6 Å². The van der Waals surface area contributed by atoms with Gasteiger partial charge in [-0.3, -0.25) is 4.79 Å². The zero-order chi connectivity index (χ0) is 17.8. The maximum absolute atomic E-state index is 12.4. The van der Waals surface area contributed by atoms with Crippen LogP contribution in [0.5, 0.6) is 0 Å². The molecule has 1 aliphatic heterocycles. The number of amides is 1. The molecule has 1 aromatic heterocycles. The van der Waals surface area contributed by atoms with Crippen LogP contribution in [-0.4, -0.2) is 39.9 Å². The first-order valence-corrected chi connectivity index (χ1v) is 9.19. The molecule has 25 heavy (non-hydrogen) atoms. The Morgan fingerprint density at radius 1 is 1.48 bits per heavy atom. The van der Waals surface area contributed by atoms with Crippen LogP contribution in [0.4, 0.5) is 5.69 Å². The predicted molar refractivity (Wildman–Crippen MR) is 96.7 cm³/mol. The van der Waals surface area contributed by atoms with Crippen LogP contribution in [0.25, 0.3) is 0 Å². The lowest BCUT2D eigenvalue weighted by Crippen LogP contribution is -2.44. The van der Waals surface area contributed by atoms with Crippen LogP contribution in [-0.2, 0) is 16.6 Å². The number of rotatable bonds is 5. The molecular formula is C16H20ClN5O2S. The molecule has 1 atom stereocenters. The molecule has 3 rings (SSSR count). The van der Waals surface area contributed by atoms with E-state index in [0.29, 0.717) is 23.9 Å². The highest BCUT2D eigenvalue weighted by atomic mass is 35.5. The van der Waals surface area contributed by atoms with Crippen molar-refractivity contribution >= 4 is 35.0 Å². The Bertz CT molecular complexity index is 748. The SMILES string of the molecule is Cn1cnnc1Sc1ccc(NC(=O)C(N)C2CCOCC2)cc1Cl. The Kier molecular flexibility index (Phi) is 5.95. The molecule has 1 saturated heterocycles. The van der Waals surface area contributed by atoms with Gasteiger partial charge < -0.3 is 20.4 Å². The van der Waals surface area contributed by atoms with Gasteiger partial charge in [-0.05, 0) is 48.7 Å². The van der Waals surface area contributed by atoms with Crippen LogP contribution in [0.1, 0.15) is 12.8 Å². The quantitative estimate of drug-likeness (QED) is 0.825. The van der Waals surface area contributed by atoms with Crippen molar-refractivity contribution in [2.45, 2.75) is 28.9 Å². The Morgan fingerprint density at radius 2 is 2.24 bits per heavy atom. The summed E-state index contributed by atoms with van der Waals surface area (Å²) in [6, 6.07) is 4.82. The van der Waals surface area contributed by atoms with Crippen molar-refractivity contribution in [3.8, 4) is 0 Å². The number of carbonyl (C=O) groups excluding carboxylic acids is 1. The number of carbonyl (C=O) groups is 1. The number of aryl methyl sites for hydroxylation is 1. The van der Waals surface area contributed by atoms with Gasteiger partial charge in [0.25, 0.3) is 0 Å². The second kappa shape index (κ2) is 8.18. The Morgan fingerprint density at radius 3 is 2.88 bits per heavy atom. The van der Waals surface area contributed by atoms with E-state index in [1.807, 2.05) is 17.7 Å². The third-order valence-corrected chi connectivity index (χ3v) is 5.70. The van der Waals surface area contributed by atoms with Crippen molar-refractivity contribution in [3.63, 3.8) is 0 Å². The lowest BCUT2D eigenvalue weighted by Gasteiger charge is -2.26. The molecule has 1 aliphatic rings. The number of hydrogen-bond acceptors (Lipinski definition) is 6. The van der Waals surface area contributed by atoms with Gasteiger partial charge >= 0.3 is 0 Å². The van der Waals surface area contributed by atoms with Gasteiger partial charge in [0.2, 0.25) is 5.91 Å². The summed E-state index contributed by atoms with van der Waals surface area (Å²) < 4.78 is 7.12. The first kappa shape index (κ1) is 18.2. The minimum Gasteiger partial charge on any atom is -0.381 e. The average Bonchev–Trinajstić information content (AvgIpc) is 3.02. The summed E-state index contributed by atoms with van der Waals surface area (Å²) in [5.41, 5.74) is 6.72. The number of hydrogen-bond donors (Lipinski definition) is 2. The number of ether oxygens (including phenoxy) is 1. The van der Waals surface area contributed by atoms with Gasteiger partial charge in [0.1, 0.15) is 6.33 Å². The van der Waals surface area contributed by atoms with Crippen molar-refractivity contribution in [1.29, 1.82) is 0 Å². The molecule has 1 aromatic carbocycles. The van der Waals surface area contributed by atoms with E-state index in [9.17, 15) is 4.79 Å². The number of benzene rings is 1. The molecule has 0 bridgehead atoms. The van der Waals surface area contributed by atoms with Crippen LogP contribution < -0.4 is 11.1 Å². The molecule has 0 radical (unpaired) electrons. The highest BCUT2D eigenvalue weighted by Crippen LogP contribution is 2.33. The molecule has 134 valence electrons. The van der Waals surface area contributed by atoms with Gasteiger partial charge in [0.15, 0.2) is 5.16 Å². The van der Waals surface area contributed by atoms with Gasteiger partial charge in [0, 0.05) is 30.8 Å². The molecule has 1 fully saturated rings. The number of anilines is 1. The Balaban J connectivity index is 1.64. The van der Waals surface area contributed by atoms with Crippen molar-refractivity contribution in [1.82, 2.24) is 14.8 Å². The van der Waals surface area contributed by atoms with Crippen molar-refractivity contribution in [2.75, 3.05) is 18.5 Å². The smallest absolute Gasteiger partial charge is 0.241 e. The van der Waals surface area contributed by atoms with E-state index in [1.165, 1.54) is 11.8 Å². The zero-order valence-electron chi connectivity index (χ0n) is 13.8. The Labute approximate surface area is 155 Å². The van der Waals surface area contributed by atoms with Crippen LogP contribution in [0.3, 0.4) is 0 Å². The van der Waals surface area contributed by atoms with Crippen molar-refractivity contribution in [3.05, 3.63) is 29.5 Å². The zero-order valence-corrected chi connectivity index (χ0v) is 15.4. The molecule has 0 spiro atoms. The van der Waals surface area contributed by atoms with Crippen molar-refractivity contribution in [2.24, 2.45) is 18.7 Å². The van der Waals surface area contributed by atoms with E-state index in [0.717, 1.165) is 22.9 Å². The molecule has 9 heteroatoms. The van der Waals surface area contributed by atoms with Gasteiger partial charge in [-0.25, -0.2) is 0 Å². The van der Waals surface area contributed by atoms with E-state index < -0.39 is 6.04 Å². The van der Waals surface area contributed by atoms with E-state index in [1.54, 1.807) is 18.5 Å². The predicted octanol–water partition coefficient (Wildman–Crippen LogP) is 2.31. The van der Waals surface area contributed by atoms with E-state index >= 15 is 0 Å². The van der Waals surface area contributed by atoms with Crippen LogP contribution in [0.15, 0.2) is 34.6 Å². The fraction of sp³-hybridized carbons (Fsp3) is 0.438. The highest BCUT2D eigenvalue weighted by molar-refractivity contribution is 7.99. The Hall–Kier alpha value is -1.61. The molecule has 0 saturated carbocycles. The third kappa shape index (κ3) is 4.52. The summed E-state index contributed by atoms with van der Waals surface area (Å²) in [5, 5.41) is 12.0. The number of nitrogens with zero attached hydrogens (tertiary/aromatic N) is 3. The van der Waals surface area contributed by atoms with Gasteiger partial charge in [-0.15, -0.1) is 10.2 Å². The molecular weight excluding hydrogens is 362 g/mol. The van der Waals surface area contributed by atoms with Crippen molar-refractivity contribution < 1.29 is 9.53 Å². The molecule has 0 aliphatic carbocycles. The molecule has 3 N–H and O–H groups in total. The number of halogens is 1. The summed E-state index contributed by atoms with van der Waals surface area (Å²) in [6.07, 6.45) is 3.24. The van der Waals surface area contributed by atoms with Gasteiger partial charge in [0.05, 0.1) is 11.1 Å². The summed E-state index contributed by atoms with van der Waals surface area (Å²) in [6.45, 7) is 1.32. The maximum atomic E-state index is 12.4. The average molecular weight is 382 g/mol. The lowest BCUT2D eigenvalue weighted by molar-refractivity contribution is -0.119. The van der Waals surface area contributed by atoms with Crippen LogP contribution >= 0.6 is 23.4 Å². The first-order chi connectivity index (χ1) is 12.0. The molecule has 7 nitrogen and oxygen atoms in total. The van der Waals surface area contributed by atoms with Crippen LogP contribution in [0, 0.1) is 5.92 Å². The minimum atomic E-state index is -0.546. The largest absolute Gasteiger partial charge is 0.381 e. The third-order valence-electron chi connectivity index (χ3n) is 4.15. The molecule has 2 heterocycles. The summed E-state index contributed by atoms with van der Waals surface area (Å²) >= 11 is 7.74. The molecule has 1 unspecified atom stereocenters. The molecule has 2 aromatic rings. The maximum Gasteiger partial charge on any atom is 0.241 e. The fourth-order valence-corrected chi connectivity index (χ4v) is 3.70. The summed E-state index contributed by atoms with van der Waals surface area (Å²) in [4.78, 5) is 13.2. The first-order valence-electron chi connectivity index (χ1n) is 8.00. The van der Waals surface area contributed by atoms with Crippen LogP contribution in [0.2, 0.25) is 5.02 Å². The lowest BCUT2D eigenvalue weighted by atomic mass is 9.92. The monoisotopic (exact) mass is 381 g/mol. The number of aromatic nitrogens is 3.